The average molecular weight is 268 g/mol. The van der Waals surface area contributed by atoms with E-state index in [9.17, 15) is 0 Å². The molecule has 0 fully saturated rings. The molecule has 1 unspecified atom stereocenters. The molecule has 0 radical (unpaired) electrons. The fourth-order valence-electron chi connectivity index (χ4n) is 2.58. The number of unbranched alkanes of at least 4 members (excludes halogenated alkanes) is 1. The molecule has 1 N–H and O–H groups in total. The molecule has 0 aliphatic heterocycles. The van der Waals surface area contributed by atoms with Gasteiger partial charge in [-0.05, 0) is 49.9 Å². The summed E-state index contributed by atoms with van der Waals surface area (Å²) >= 11 is 0. The van der Waals surface area contributed by atoms with Crippen LogP contribution in [0, 0.1) is 0 Å². The summed E-state index contributed by atoms with van der Waals surface area (Å²) in [4.78, 5) is 4.46. The Hall–Kier alpha value is -1.67. The van der Waals surface area contributed by atoms with Crippen LogP contribution >= 0.6 is 0 Å². The fraction of sp³-hybridized carbons (Fsp3) is 0.389. The smallest absolute Gasteiger partial charge is 0.0705 e. The average Bonchev–Trinajstić information content (AvgIpc) is 2.50. The number of nitrogens with zero attached hydrogens (tertiary/aromatic N) is 1. The topological polar surface area (TPSA) is 24.9 Å². The maximum atomic E-state index is 4.46. The second-order valence-corrected chi connectivity index (χ2v) is 5.14. The molecule has 0 bridgehead atoms. The Morgan fingerprint density at radius 2 is 2.20 bits per heavy atom. The van der Waals surface area contributed by atoms with Crippen molar-refractivity contribution in [1.82, 2.24) is 10.3 Å². The minimum atomic E-state index is 0.405. The number of hydrogen-bond donors (Lipinski definition) is 1. The van der Waals surface area contributed by atoms with E-state index in [1.807, 2.05) is 18.3 Å². The first kappa shape index (κ1) is 14.7. The van der Waals surface area contributed by atoms with E-state index in [4.69, 9.17) is 0 Å². The Labute approximate surface area is 121 Å². The van der Waals surface area contributed by atoms with Crippen LogP contribution in [0.15, 0.2) is 49.2 Å². The van der Waals surface area contributed by atoms with Gasteiger partial charge in [-0.25, -0.2) is 0 Å². The SMILES string of the molecule is C=CCCCC(NCCC)c1cccc2ncccc12. The van der Waals surface area contributed by atoms with Gasteiger partial charge in [-0.1, -0.05) is 31.2 Å². The van der Waals surface area contributed by atoms with Gasteiger partial charge in [0.1, 0.15) is 0 Å². The van der Waals surface area contributed by atoms with Gasteiger partial charge in [-0.15, -0.1) is 6.58 Å². The van der Waals surface area contributed by atoms with Crippen LogP contribution in [0.25, 0.3) is 10.9 Å². The van der Waals surface area contributed by atoms with E-state index in [1.54, 1.807) is 0 Å². The zero-order chi connectivity index (χ0) is 14.2. The number of fused-ring (bicyclic) bond motifs is 1. The molecular weight excluding hydrogens is 244 g/mol. The molecule has 2 heteroatoms. The molecule has 1 atom stereocenters. The van der Waals surface area contributed by atoms with E-state index in [0.717, 1.165) is 31.3 Å². The molecule has 2 nitrogen and oxygen atoms in total. The predicted molar refractivity (Wildman–Crippen MR) is 86.8 cm³/mol. The number of rotatable bonds is 8. The first-order chi connectivity index (χ1) is 9.86. The molecule has 2 aromatic rings. The van der Waals surface area contributed by atoms with Crippen LogP contribution in [0.1, 0.15) is 44.2 Å². The Morgan fingerprint density at radius 3 is 3.00 bits per heavy atom. The zero-order valence-electron chi connectivity index (χ0n) is 12.3. The molecule has 106 valence electrons. The van der Waals surface area contributed by atoms with E-state index in [0.29, 0.717) is 6.04 Å². The lowest BCUT2D eigenvalue weighted by atomic mass is 9.96. The minimum Gasteiger partial charge on any atom is -0.310 e. The van der Waals surface area contributed by atoms with Crippen LogP contribution in [0.3, 0.4) is 0 Å². The largest absolute Gasteiger partial charge is 0.310 e. The maximum Gasteiger partial charge on any atom is 0.0705 e. The van der Waals surface area contributed by atoms with Crippen molar-refractivity contribution in [3.63, 3.8) is 0 Å². The molecule has 0 aliphatic carbocycles. The fourth-order valence-corrected chi connectivity index (χ4v) is 2.58. The second-order valence-electron chi connectivity index (χ2n) is 5.14. The summed E-state index contributed by atoms with van der Waals surface area (Å²) in [6.45, 7) is 7.07. The molecule has 0 amide bonds. The van der Waals surface area contributed by atoms with Gasteiger partial charge in [0, 0.05) is 17.6 Å². The first-order valence-corrected chi connectivity index (χ1v) is 7.54. The summed E-state index contributed by atoms with van der Waals surface area (Å²) in [6, 6.07) is 11.0. The molecular formula is C18H24N2. The molecule has 0 aliphatic rings. The molecule has 1 aromatic carbocycles. The lowest BCUT2D eigenvalue weighted by molar-refractivity contribution is 0.489. The van der Waals surface area contributed by atoms with Crippen molar-refractivity contribution in [1.29, 1.82) is 0 Å². The van der Waals surface area contributed by atoms with Crippen LogP contribution in [-0.4, -0.2) is 11.5 Å². The van der Waals surface area contributed by atoms with Gasteiger partial charge >= 0.3 is 0 Å². The van der Waals surface area contributed by atoms with Crippen LogP contribution in [0.2, 0.25) is 0 Å². The van der Waals surface area contributed by atoms with E-state index < -0.39 is 0 Å². The third-order valence-electron chi connectivity index (χ3n) is 3.60. The van der Waals surface area contributed by atoms with Crippen LogP contribution in [0.4, 0.5) is 0 Å². The van der Waals surface area contributed by atoms with E-state index in [2.05, 4.69) is 48.1 Å². The monoisotopic (exact) mass is 268 g/mol. The number of nitrogens with one attached hydrogen (secondary N) is 1. The summed E-state index contributed by atoms with van der Waals surface area (Å²) in [5.74, 6) is 0. The Kier molecular flexibility index (Phi) is 5.75. The van der Waals surface area contributed by atoms with Gasteiger partial charge in [0.2, 0.25) is 0 Å². The highest BCUT2D eigenvalue weighted by Gasteiger charge is 2.13. The van der Waals surface area contributed by atoms with Crippen molar-refractivity contribution >= 4 is 10.9 Å². The van der Waals surface area contributed by atoms with Gasteiger partial charge in [0.25, 0.3) is 0 Å². The summed E-state index contributed by atoms with van der Waals surface area (Å²) in [7, 11) is 0. The Bertz CT molecular complexity index is 543. The predicted octanol–water partition coefficient (Wildman–Crippen LogP) is 4.63. The Balaban J connectivity index is 2.26. The van der Waals surface area contributed by atoms with Gasteiger partial charge in [0.15, 0.2) is 0 Å². The second kappa shape index (κ2) is 7.81. The van der Waals surface area contributed by atoms with E-state index in [-0.39, 0.29) is 0 Å². The molecule has 1 aromatic heterocycles. The first-order valence-electron chi connectivity index (χ1n) is 7.54. The lowest BCUT2D eigenvalue weighted by Gasteiger charge is -2.20. The van der Waals surface area contributed by atoms with E-state index >= 15 is 0 Å². The number of aromatic nitrogens is 1. The number of pyridine rings is 1. The summed E-state index contributed by atoms with van der Waals surface area (Å²) in [5.41, 5.74) is 2.45. The van der Waals surface area contributed by atoms with E-state index in [1.165, 1.54) is 17.4 Å². The number of hydrogen-bond acceptors (Lipinski definition) is 2. The molecule has 1 heterocycles. The molecule has 2 rings (SSSR count). The molecule has 20 heavy (non-hydrogen) atoms. The lowest BCUT2D eigenvalue weighted by Crippen LogP contribution is -2.22. The summed E-state index contributed by atoms with van der Waals surface area (Å²) in [6.07, 6.45) is 8.40. The van der Waals surface area contributed by atoms with Gasteiger partial charge in [-0.3, -0.25) is 4.98 Å². The quantitative estimate of drug-likeness (QED) is 0.557. The molecule has 0 spiro atoms. The van der Waals surface area contributed by atoms with Crippen molar-refractivity contribution in [3.05, 3.63) is 54.7 Å². The van der Waals surface area contributed by atoms with Gasteiger partial charge in [0.05, 0.1) is 5.52 Å². The molecule has 0 saturated carbocycles. The van der Waals surface area contributed by atoms with Crippen LogP contribution in [-0.2, 0) is 0 Å². The normalized spacial score (nSPS) is 12.4. The van der Waals surface area contributed by atoms with Gasteiger partial charge in [-0.2, -0.15) is 0 Å². The van der Waals surface area contributed by atoms with Crippen LogP contribution in [0.5, 0.6) is 0 Å². The third-order valence-corrected chi connectivity index (χ3v) is 3.60. The third kappa shape index (κ3) is 3.67. The molecule has 0 saturated heterocycles. The zero-order valence-corrected chi connectivity index (χ0v) is 12.3. The maximum absolute atomic E-state index is 4.46. The highest BCUT2D eigenvalue weighted by atomic mass is 14.9. The van der Waals surface area contributed by atoms with Crippen molar-refractivity contribution in [2.24, 2.45) is 0 Å². The minimum absolute atomic E-state index is 0.405. The standard InChI is InChI=1S/C18H24N2/c1-3-5-6-11-17(19-13-4-2)15-9-7-12-18-16(15)10-8-14-20-18/h3,7-10,12,14,17,19H,1,4-6,11,13H2,2H3. The van der Waals surface area contributed by atoms with Crippen molar-refractivity contribution in [2.75, 3.05) is 6.54 Å². The summed E-state index contributed by atoms with van der Waals surface area (Å²) in [5, 5.41) is 4.94. The van der Waals surface area contributed by atoms with Crippen molar-refractivity contribution in [2.45, 2.75) is 38.6 Å². The highest BCUT2D eigenvalue weighted by Crippen LogP contribution is 2.26. The van der Waals surface area contributed by atoms with Crippen molar-refractivity contribution in [3.8, 4) is 0 Å². The highest BCUT2D eigenvalue weighted by molar-refractivity contribution is 5.82. The Morgan fingerprint density at radius 1 is 1.30 bits per heavy atom. The summed E-state index contributed by atoms with van der Waals surface area (Å²) < 4.78 is 0. The number of allylic oxidation sites excluding steroid dienone is 1. The van der Waals surface area contributed by atoms with Crippen LogP contribution < -0.4 is 5.32 Å². The van der Waals surface area contributed by atoms with Gasteiger partial charge < -0.3 is 5.32 Å². The van der Waals surface area contributed by atoms with Crippen molar-refractivity contribution < 1.29 is 0 Å². The number of benzene rings is 1.